The summed E-state index contributed by atoms with van der Waals surface area (Å²) < 4.78 is 41.9. The minimum absolute atomic E-state index is 0.298. The van der Waals surface area contributed by atoms with E-state index in [0.717, 1.165) is 11.1 Å². The van der Waals surface area contributed by atoms with Crippen molar-refractivity contribution in [2.75, 3.05) is 10.6 Å². The summed E-state index contributed by atoms with van der Waals surface area (Å²) in [5.74, 6) is 0.627. The van der Waals surface area contributed by atoms with Gasteiger partial charge in [0.05, 0.1) is 5.69 Å². The third-order valence-electron chi connectivity index (χ3n) is 4.13. The summed E-state index contributed by atoms with van der Waals surface area (Å²) in [5, 5.41) is 6.49. The Morgan fingerprint density at radius 1 is 0.935 bits per heavy atom. The molecule has 31 heavy (non-hydrogen) atoms. The first kappa shape index (κ1) is 22.4. The third kappa shape index (κ3) is 7.16. The zero-order chi connectivity index (χ0) is 22.6. The van der Waals surface area contributed by atoms with Gasteiger partial charge < -0.3 is 15.4 Å². The van der Waals surface area contributed by atoms with Crippen LogP contribution in [0.1, 0.15) is 31.9 Å². The van der Waals surface area contributed by atoms with Gasteiger partial charge in [-0.1, -0.05) is 42.0 Å². The molecule has 5 nitrogen and oxygen atoms in total. The van der Waals surface area contributed by atoms with E-state index in [2.05, 4.69) is 31.4 Å². The van der Waals surface area contributed by atoms with Crippen molar-refractivity contribution in [2.45, 2.75) is 46.1 Å². The standard InChI is InChI=1S/C23H25F3N4O/c1-15-7-5-8-16(11-15)14-27-20-13-19(28-21(29-20)30-22(2,3)4)17-9-6-10-18(12-17)31-23(24,25)26/h5-13H,14H2,1-4H3,(H2,27,28,29,30). The molecule has 0 aliphatic carbocycles. The summed E-state index contributed by atoms with van der Waals surface area (Å²) in [4.78, 5) is 9.02. The maximum absolute atomic E-state index is 12.6. The van der Waals surface area contributed by atoms with E-state index in [9.17, 15) is 13.2 Å². The van der Waals surface area contributed by atoms with Crippen molar-refractivity contribution in [3.63, 3.8) is 0 Å². The summed E-state index contributed by atoms with van der Waals surface area (Å²) in [7, 11) is 0. The highest BCUT2D eigenvalue weighted by Gasteiger charge is 2.31. The first-order chi connectivity index (χ1) is 14.5. The average molecular weight is 430 g/mol. The Kier molecular flexibility index (Phi) is 6.38. The predicted molar refractivity (Wildman–Crippen MR) is 116 cm³/mol. The predicted octanol–water partition coefficient (Wildman–Crippen LogP) is 6.17. The maximum Gasteiger partial charge on any atom is 0.573 e. The van der Waals surface area contributed by atoms with Crippen molar-refractivity contribution in [1.29, 1.82) is 0 Å². The molecule has 0 saturated heterocycles. The minimum atomic E-state index is -4.76. The molecular weight excluding hydrogens is 405 g/mol. The summed E-state index contributed by atoms with van der Waals surface area (Å²) in [6.45, 7) is 8.49. The van der Waals surface area contributed by atoms with Crippen LogP contribution in [0.15, 0.2) is 54.6 Å². The summed E-state index contributed by atoms with van der Waals surface area (Å²) in [6, 6.07) is 15.5. The van der Waals surface area contributed by atoms with Crippen molar-refractivity contribution >= 4 is 11.8 Å². The molecule has 1 heterocycles. The first-order valence-corrected chi connectivity index (χ1v) is 9.80. The Morgan fingerprint density at radius 3 is 2.35 bits per heavy atom. The van der Waals surface area contributed by atoms with Crippen LogP contribution in [-0.4, -0.2) is 21.9 Å². The number of aryl methyl sites for hydroxylation is 1. The maximum atomic E-state index is 12.6. The molecule has 1 aromatic heterocycles. The van der Waals surface area contributed by atoms with E-state index in [1.165, 1.54) is 18.2 Å². The Morgan fingerprint density at radius 2 is 1.68 bits per heavy atom. The van der Waals surface area contributed by atoms with Gasteiger partial charge in [-0.2, -0.15) is 4.98 Å². The molecule has 0 atom stereocenters. The summed E-state index contributed by atoms with van der Waals surface area (Å²) >= 11 is 0. The highest BCUT2D eigenvalue weighted by Crippen LogP contribution is 2.29. The van der Waals surface area contributed by atoms with Gasteiger partial charge in [0.2, 0.25) is 5.95 Å². The Hall–Kier alpha value is -3.29. The van der Waals surface area contributed by atoms with Gasteiger partial charge in [-0.25, -0.2) is 4.98 Å². The molecule has 0 saturated carbocycles. The number of hydrogen-bond donors (Lipinski definition) is 2. The number of ether oxygens (including phenoxy) is 1. The number of anilines is 2. The van der Waals surface area contributed by atoms with Gasteiger partial charge in [0, 0.05) is 23.7 Å². The molecule has 164 valence electrons. The van der Waals surface area contributed by atoms with Gasteiger partial charge in [-0.15, -0.1) is 13.2 Å². The molecule has 2 aromatic carbocycles. The fraction of sp³-hybridized carbons (Fsp3) is 0.304. The Bertz CT molecular complexity index is 1050. The number of hydrogen-bond acceptors (Lipinski definition) is 5. The van der Waals surface area contributed by atoms with E-state index in [0.29, 0.717) is 29.6 Å². The van der Waals surface area contributed by atoms with E-state index in [1.807, 2.05) is 45.9 Å². The van der Waals surface area contributed by atoms with Gasteiger partial charge in [-0.3, -0.25) is 0 Å². The molecule has 0 bridgehead atoms. The molecule has 8 heteroatoms. The quantitative estimate of drug-likeness (QED) is 0.490. The van der Waals surface area contributed by atoms with Crippen molar-refractivity contribution < 1.29 is 17.9 Å². The van der Waals surface area contributed by atoms with Crippen molar-refractivity contribution in [1.82, 2.24) is 9.97 Å². The van der Waals surface area contributed by atoms with E-state index >= 15 is 0 Å². The lowest BCUT2D eigenvalue weighted by molar-refractivity contribution is -0.274. The molecule has 2 N–H and O–H groups in total. The fourth-order valence-electron chi connectivity index (χ4n) is 2.94. The number of nitrogens with zero attached hydrogens (tertiary/aromatic N) is 2. The molecule has 0 aliphatic rings. The van der Waals surface area contributed by atoms with E-state index in [4.69, 9.17) is 0 Å². The highest BCUT2D eigenvalue weighted by atomic mass is 19.4. The van der Waals surface area contributed by atoms with Crippen LogP contribution < -0.4 is 15.4 Å². The zero-order valence-corrected chi connectivity index (χ0v) is 17.8. The normalized spacial score (nSPS) is 11.8. The highest BCUT2D eigenvalue weighted by molar-refractivity contribution is 5.66. The Labute approximate surface area is 179 Å². The molecule has 3 aromatic rings. The lowest BCUT2D eigenvalue weighted by atomic mass is 10.1. The average Bonchev–Trinajstić information content (AvgIpc) is 2.64. The third-order valence-corrected chi connectivity index (χ3v) is 4.13. The van der Waals surface area contributed by atoms with Crippen LogP contribution in [0.5, 0.6) is 5.75 Å². The van der Waals surface area contributed by atoms with Crippen LogP contribution in [0.25, 0.3) is 11.3 Å². The van der Waals surface area contributed by atoms with E-state index in [1.54, 1.807) is 12.1 Å². The van der Waals surface area contributed by atoms with Gasteiger partial charge in [0.25, 0.3) is 0 Å². The number of halogens is 3. The molecule has 3 rings (SSSR count). The second-order valence-electron chi connectivity index (χ2n) is 8.26. The zero-order valence-electron chi connectivity index (χ0n) is 17.8. The molecule has 0 radical (unpaired) electrons. The lowest BCUT2D eigenvalue weighted by Crippen LogP contribution is -2.27. The lowest BCUT2D eigenvalue weighted by Gasteiger charge is -2.21. The molecule has 0 spiro atoms. The molecule has 0 unspecified atom stereocenters. The summed E-state index contributed by atoms with van der Waals surface area (Å²) in [6.07, 6.45) is -4.76. The number of alkyl halides is 3. The minimum Gasteiger partial charge on any atom is -0.406 e. The van der Waals surface area contributed by atoms with Crippen LogP contribution in [0.2, 0.25) is 0 Å². The number of rotatable bonds is 6. The van der Waals surface area contributed by atoms with Crippen LogP contribution in [0.4, 0.5) is 24.9 Å². The topological polar surface area (TPSA) is 59.1 Å². The van der Waals surface area contributed by atoms with Crippen LogP contribution in [-0.2, 0) is 6.54 Å². The van der Waals surface area contributed by atoms with Gasteiger partial charge in [-0.05, 0) is 45.4 Å². The smallest absolute Gasteiger partial charge is 0.406 e. The van der Waals surface area contributed by atoms with Gasteiger partial charge >= 0.3 is 6.36 Å². The van der Waals surface area contributed by atoms with Gasteiger partial charge in [0.1, 0.15) is 11.6 Å². The molecule has 0 fully saturated rings. The summed E-state index contributed by atoms with van der Waals surface area (Å²) in [5.41, 5.74) is 2.90. The van der Waals surface area contributed by atoms with Gasteiger partial charge in [0.15, 0.2) is 0 Å². The number of aromatic nitrogens is 2. The van der Waals surface area contributed by atoms with Crippen molar-refractivity contribution in [3.05, 3.63) is 65.7 Å². The van der Waals surface area contributed by atoms with Crippen LogP contribution in [0.3, 0.4) is 0 Å². The molecular formula is C23H25F3N4O. The SMILES string of the molecule is Cc1cccc(CNc2cc(-c3cccc(OC(F)(F)F)c3)nc(NC(C)(C)C)n2)c1. The van der Waals surface area contributed by atoms with E-state index in [-0.39, 0.29) is 11.3 Å². The first-order valence-electron chi connectivity index (χ1n) is 9.80. The van der Waals surface area contributed by atoms with Crippen molar-refractivity contribution in [2.24, 2.45) is 0 Å². The number of nitrogens with one attached hydrogen (secondary N) is 2. The molecule has 0 aliphatic heterocycles. The second kappa shape index (κ2) is 8.83. The monoisotopic (exact) mass is 430 g/mol. The molecule has 0 amide bonds. The number of benzene rings is 2. The van der Waals surface area contributed by atoms with Crippen molar-refractivity contribution in [3.8, 4) is 17.0 Å². The van der Waals surface area contributed by atoms with Crippen LogP contribution in [0, 0.1) is 6.92 Å². The second-order valence-corrected chi connectivity index (χ2v) is 8.26. The fourth-order valence-corrected chi connectivity index (χ4v) is 2.94. The largest absolute Gasteiger partial charge is 0.573 e. The van der Waals surface area contributed by atoms with E-state index < -0.39 is 6.36 Å². The van der Waals surface area contributed by atoms with Crippen LogP contribution >= 0.6 is 0 Å². The Balaban J connectivity index is 1.92.